The van der Waals surface area contributed by atoms with E-state index in [2.05, 4.69) is 0 Å². The van der Waals surface area contributed by atoms with Gasteiger partial charge in [0.15, 0.2) is 0 Å². The van der Waals surface area contributed by atoms with E-state index in [1.165, 1.54) is 12.1 Å². The van der Waals surface area contributed by atoms with Crippen LogP contribution in [0.15, 0.2) is 34.1 Å². The number of methoxy groups -OCH3 is 1. The number of rotatable bonds is 5. The molecule has 0 unspecified atom stereocenters. The average molecular weight is 267 g/mol. The number of hydrogen-bond donors (Lipinski definition) is 0. The minimum absolute atomic E-state index is 0.125. The Balaban J connectivity index is 2.65. The van der Waals surface area contributed by atoms with E-state index in [-0.39, 0.29) is 4.90 Å². The highest BCUT2D eigenvalue weighted by atomic mass is 35.7. The predicted octanol–water partition coefficient (Wildman–Crippen LogP) is 2.35. The summed E-state index contributed by atoms with van der Waals surface area (Å²) in [6, 6.07) is 6.46. The van der Waals surface area contributed by atoms with Crippen LogP contribution in [-0.4, -0.2) is 27.9 Å². The van der Waals surface area contributed by atoms with Crippen LogP contribution in [-0.2, 0) is 13.8 Å². The van der Waals surface area contributed by atoms with Gasteiger partial charge in [-0.25, -0.2) is 8.42 Å². The van der Waals surface area contributed by atoms with Crippen LogP contribution in [0.2, 0.25) is 0 Å². The highest BCUT2D eigenvalue weighted by Crippen LogP contribution is 2.21. The van der Waals surface area contributed by atoms with Crippen molar-refractivity contribution in [3.63, 3.8) is 0 Å². The minimum Gasteiger partial charge on any atom is -0.384 e. The fraction of sp³-hybridized carbons (Fsp3) is 0.333. The van der Waals surface area contributed by atoms with Gasteiger partial charge in [-0.2, -0.15) is 0 Å². The molecule has 0 aromatic heterocycles. The Bertz CT molecular complexity index is 400. The molecular formula is C9H11ClO3S2. The lowest BCUT2D eigenvalue weighted by atomic mass is 10.4. The van der Waals surface area contributed by atoms with Gasteiger partial charge in [0.1, 0.15) is 0 Å². The maximum atomic E-state index is 10.9. The van der Waals surface area contributed by atoms with Gasteiger partial charge >= 0.3 is 0 Å². The summed E-state index contributed by atoms with van der Waals surface area (Å²) in [4.78, 5) is 1.12. The van der Waals surface area contributed by atoms with Crippen molar-refractivity contribution in [3.8, 4) is 0 Å². The molecule has 0 aliphatic carbocycles. The number of hydrogen-bond acceptors (Lipinski definition) is 4. The summed E-state index contributed by atoms with van der Waals surface area (Å²) < 4.78 is 26.8. The first-order valence-corrected chi connectivity index (χ1v) is 7.50. The van der Waals surface area contributed by atoms with Gasteiger partial charge in [-0.05, 0) is 24.3 Å². The van der Waals surface area contributed by atoms with Crippen LogP contribution in [0.4, 0.5) is 0 Å². The molecule has 0 fully saturated rings. The van der Waals surface area contributed by atoms with E-state index in [0.29, 0.717) is 6.61 Å². The predicted molar refractivity (Wildman–Crippen MR) is 62.1 cm³/mol. The summed E-state index contributed by atoms with van der Waals surface area (Å²) in [5, 5.41) is 0. The van der Waals surface area contributed by atoms with Gasteiger partial charge in [-0.1, -0.05) is 0 Å². The Labute approximate surface area is 98.2 Å². The lowest BCUT2D eigenvalue weighted by Gasteiger charge is -2.01. The van der Waals surface area contributed by atoms with E-state index in [1.807, 2.05) is 0 Å². The van der Waals surface area contributed by atoms with Crippen LogP contribution in [0, 0.1) is 0 Å². The SMILES string of the molecule is COCCSc1ccc(S(=O)(=O)Cl)cc1. The molecule has 0 aliphatic rings. The Morgan fingerprint density at radius 2 is 1.93 bits per heavy atom. The average Bonchev–Trinajstić information content (AvgIpc) is 2.18. The van der Waals surface area contributed by atoms with E-state index in [4.69, 9.17) is 15.4 Å². The molecule has 1 aromatic rings. The van der Waals surface area contributed by atoms with Gasteiger partial charge < -0.3 is 4.74 Å². The summed E-state index contributed by atoms with van der Waals surface area (Å²) in [5.74, 6) is 0.837. The second-order valence-corrected chi connectivity index (χ2v) is 6.48. The van der Waals surface area contributed by atoms with E-state index in [1.54, 1.807) is 31.0 Å². The second-order valence-electron chi connectivity index (χ2n) is 2.75. The van der Waals surface area contributed by atoms with Gasteiger partial charge in [0, 0.05) is 28.4 Å². The molecule has 0 heterocycles. The van der Waals surface area contributed by atoms with Crippen LogP contribution < -0.4 is 0 Å². The van der Waals surface area contributed by atoms with E-state index < -0.39 is 9.05 Å². The van der Waals surface area contributed by atoms with E-state index in [0.717, 1.165) is 10.6 Å². The molecule has 1 aromatic carbocycles. The number of benzene rings is 1. The number of ether oxygens (including phenoxy) is 1. The molecular weight excluding hydrogens is 256 g/mol. The van der Waals surface area contributed by atoms with Crippen molar-refractivity contribution in [2.45, 2.75) is 9.79 Å². The zero-order valence-electron chi connectivity index (χ0n) is 8.14. The lowest BCUT2D eigenvalue weighted by molar-refractivity contribution is 0.218. The van der Waals surface area contributed by atoms with Crippen LogP contribution >= 0.6 is 22.4 Å². The molecule has 84 valence electrons. The third-order valence-electron chi connectivity index (χ3n) is 1.66. The molecule has 15 heavy (non-hydrogen) atoms. The first kappa shape index (κ1) is 12.8. The fourth-order valence-electron chi connectivity index (χ4n) is 0.941. The molecule has 3 nitrogen and oxygen atoms in total. The van der Waals surface area contributed by atoms with Crippen molar-refractivity contribution < 1.29 is 13.2 Å². The third kappa shape index (κ3) is 4.42. The molecule has 6 heteroatoms. The smallest absolute Gasteiger partial charge is 0.261 e. The molecule has 0 spiro atoms. The van der Waals surface area contributed by atoms with Crippen molar-refractivity contribution >= 4 is 31.5 Å². The molecule has 0 saturated carbocycles. The van der Waals surface area contributed by atoms with Gasteiger partial charge in [0.25, 0.3) is 9.05 Å². The highest BCUT2D eigenvalue weighted by molar-refractivity contribution is 8.13. The molecule has 0 atom stereocenters. The lowest BCUT2D eigenvalue weighted by Crippen LogP contribution is -1.92. The van der Waals surface area contributed by atoms with Crippen molar-refractivity contribution in [2.24, 2.45) is 0 Å². The second kappa shape index (κ2) is 5.75. The molecule has 0 bridgehead atoms. The topological polar surface area (TPSA) is 43.4 Å². The summed E-state index contributed by atoms with van der Waals surface area (Å²) in [7, 11) is 3.22. The minimum atomic E-state index is -3.61. The monoisotopic (exact) mass is 266 g/mol. The van der Waals surface area contributed by atoms with E-state index >= 15 is 0 Å². The molecule has 1 rings (SSSR count). The Hall–Kier alpha value is -0.230. The summed E-state index contributed by atoms with van der Waals surface area (Å²) in [6.07, 6.45) is 0. The number of halogens is 1. The van der Waals surface area contributed by atoms with Crippen LogP contribution in [0.3, 0.4) is 0 Å². The third-order valence-corrected chi connectivity index (χ3v) is 4.01. The fourth-order valence-corrected chi connectivity index (χ4v) is 2.53. The summed E-state index contributed by atoms with van der Waals surface area (Å²) in [5.41, 5.74) is 0. The standard InChI is InChI=1S/C9H11ClO3S2/c1-13-6-7-14-8-2-4-9(5-3-8)15(10,11)12/h2-5H,6-7H2,1H3. The van der Waals surface area contributed by atoms with Gasteiger partial charge in [-0.3, -0.25) is 0 Å². The molecule has 0 saturated heterocycles. The van der Waals surface area contributed by atoms with Crippen molar-refractivity contribution in [3.05, 3.63) is 24.3 Å². The van der Waals surface area contributed by atoms with Crippen molar-refractivity contribution in [1.29, 1.82) is 0 Å². The summed E-state index contributed by atoms with van der Waals surface area (Å²) in [6.45, 7) is 0.667. The van der Waals surface area contributed by atoms with Crippen LogP contribution in [0.25, 0.3) is 0 Å². The van der Waals surface area contributed by atoms with E-state index in [9.17, 15) is 8.42 Å². The largest absolute Gasteiger partial charge is 0.384 e. The molecule has 0 radical (unpaired) electrons. The van der Waals surface area contributed by atoms with Crippen LogP contribution in [0.5, 0.6) is 0 Å². The maximum Gasteiger partial charge on any atom is 0.261 e. The Morgan fingerprint density at radius 1 is 1.33 bits per heavy atom. The quantitative estimate of drug-likeness (QED) is 0.466. The molecule has 0 N–H and O–H groups in total. The molecule has 0 aliphatic heterocycles. The first-order valence-electron chi connectivity index (χ1n) is 4.20. The van der Waals surface area contributed by atoms with Gasteiger partial charge in [0.2, 0.25) is 0 Å². The van der Waals surface area contributed by atoms with Gasteiger partial charge in [0.05, 0.1) is 11.5 Å². The zero-order chi connectivity index (χ0) is 11.3. The van der Waals surface area contributed by atoms with Crippen molar-refractivity contribution in [2.75, 3.05) is 19.5 Å². The van der Waals surface area contributed by atoms with Crippen LogP contribution in [0.1, 0.15) is 0 Å². The normalized spacial score (nSPS) is 11.6. The highest BCUT2D eigenvalue weighted by Gasteiger charge is 2.08. The zero-order valence-corrected chi connectivity index (χ0v) is 10.5. The number of thioether (sulfide) groups is 1. The Kier molecular flexibility index (Phi) is 4.92. The molecule has 0 amide bonds. The first-order chi connectivity index (χ1) is 7.04. The maximum absolute atomic E-state index is 10.9. The Morgan fingerprint density at radius 3 is 2.40 bits per heavy atom. The van der Waals surface area contributed by atoms with Gasteiger partial charge in [-0.15, -0.1) is 11.8 Å². The summed E-state index contributed by atoms with van der Waals surface area (Å²) >= 11 is 1.60. The van der Waals surface area contributed by atoms with Crippen molar-refractivity contribution in [1.82, 2.24) is 0 Å².